The lowest BCUT2D eigenvalue weighted by molar-refractivity contribution is -0.117. The molecule has 2 aromatic carbocycles. The van der Waals surface area contributed by atoms with Gasteiger partial charge in [0.15, 0.2) is 5.78 Å². The minimum absolute atomic E-state index is 0.103. The third kappa shape index (κ3) is 3.29. The third-order valence-electron chi connectivity index (χ3n) is 3.26. The first-order chi connectivity index (χ1) is 10.3. The van der Waals surface area contributed by atoms with Crippen molar-refractivity contribution in [3.63, 3.8) is 0 Å². The zero-order valence-electron chi connectivity index (χ0n) is 11.9. The summed E-state index contributed by atoms with van der Waals surface area (Å²) < 4.78 is 23.4. The van der Waals surface area contributed by atoms with E-state index in [2.05, 4.69) is 0 Å². The Labute approximate surface area is 128 Å². The molecule has 0 amide bonds. The van der Waals surface area contributed by atoms with Crippen LogP contribution in [0.15, 0.2) is 59.5 Å². The van der Waals surface area contributed by atoms with E-state index in [4.69, 9.17) is 5.14 Å². The van der Waals surface area contributed by atoms with Gasteiger partial charge in [-0.3, -0.25) is 9.59 Å². The maximum Gasteiger partial charge on any atom is 0.238 e. The summed E-state index contributed by atoms with van der Waals surface area (Å²) in [6, 6.07) is 14.1. The molecule has 0 heterocycles. The van der Waals surface area contributed by atoms with E-state index < -0.39 is 27.5 Å². The van der Waals surface area contributed by atoms with Gasteiger partial charge in [0.05, 0.1) is 4.90 Å². The highest BCUT2D eigenvalue weighted by atomic mass is 32.2. The molecule has 0 spiro atoms. The van der Waals surface area contributed by atoms with Gasteiger partial charge in [-0.2, -0.15) is 0 Å². The molecule has 1 unspecified atom stereocenters. The van der Waals surface area contributed by atoms with Crippen LogP contribution in [0.25, 0.3) is 0 Å². The van der Waals surface area contributed by atoms with E-state index >= 15 is 0 Å². The molecule has 2 aromatic rings. The average Bonchev–Trinajstić information content (AvgIpc) is 2.47. The maximum atomic E-state index is 12.6. The highest BCUT2D eigenvalue weighted by Gasteiger charge is 2.30. The molecule has 0 aliphatic rings. The number of carbonyl (C=O) groups is 2. The standard InChI is InChI=1S/C16H15NO4S/c1-11(18)15(16(19)12-7-3-2-4-8-12)13-9-5-6-10-14(13)22(17,20)21/h2-10,15H,1H3,(H2,17,20,21). The van der Waals surface area contributed by atoms with Gasteiger partial charge in [-0.05, 0) is 18.6 Å². The van der Waals surface area contributed by atoms with Crippen molar-refractivity contribution >= 4 is 21.6 Å². The van der Waals surface area contributed by atoms with E-state index in [1.54, 1.807) is 36.4 Å². The fourth-order valence-corrected chi connectivity index (χ4v) is 3.07. The molecule has 0 fully saturated rings. The summed E-state index contributed by atoms with van der Waals surface area (Å²) in [5.74, 6) is -2.09. The van der Waals surface area contributed by atoms with Gasteiger partial charge in [-0.25, -0.2) is 13.6 Å². The van der Waals surface area contributed by atoms with Gasteiger partial charge in [-0.15, -0.1) is 0 Å². The van der Waals surface area contributed by atoms with Gasteiger partial charge in [0.2, 0.25) is 10.0 Å². The Bertz CT molecular complexity index is 813. The van der Waals surface area contributed by atoms with Gasteiger partial charge in [0.1, 0.15) is 11.7 Å². The molecule has 5 nitrogen and oxygen atoms in total. The summed E-state index contributed by atoms with van der Waals surface area (Å²) in [6.45, 7) is 1.26. The molecule has 1 atom stereocenters. The zero-order chi connectivity index (χ0) is 16.3. The summed E-state index contributed by atoms with van der Waals surface area (Å²) in [5.41, 5.74) is 0.443. The van der Waals surface area contributed by atoms with Crippen LogP contribution in [0.3, 0.4) is 0 Å². The van der Waals surface area contributed by atoms with Crippen molar-refractivity contribution in [3.05, 3.63) is 65.7 Å². The van der Waals surface area contributed by atoms with Crippen LogP contribution in [0.2, 0.25) is 0 Å². The second-order valence-corrected chi connectivity index (χ2v) is 6.39. The summed E-state index contributed by atoms with van der Waals surface area (Å²) in [5, 5.41) is 5.18. The highest BCUT2D eigenvalue weighted by molar-refractivity contribution is 7.89. The number of primary sulfonamides is 1. The fraction of sp³-hybridized carbons (Fsp3) is 0.125. The Balaban J connectivity index is 2.61. The zero-order valence-corrected chi connectivity index (χ0v) is 12.7. The molecule has 0 aliphatic heterocycles. The second kappa shape index (κ2) is 6.21. The molecular formula is C16H15NO4S. The van der Waals surface area contributed by atoms with E-state index in [0.717, 1.165) is 0 Å². The first-order valence-electron chi connectivity index (χ1n) is 6.54. The first kappa shape index (κ1) is 16.1. The van der Waals surface area contributed by atoms with E-state index in [0.29, 0.717) is 5.56 Å². The van der Waals surface area contributed by atoms with Crippen LogP contribution in [0.5, 0.6) is 0 Å². The number of hydrogen-bond donors (Lipinski definition) is 1. The van der Waals surface area contributed by atoms with Gasteiger partial charge >= 0.3 is 0 Å². The Hall–Kier alpha value is -2.31. The van der Waals surface area contributed by atoms with Crippen molar-refractivity contribution in [1.29, 1.82) is 0 Å². The summed E-state index contributed by atoms with van der Waals surface area (Å²) >= 11 is 0. The first-order valence-corrected chi connectivity index (χ1v) is 8.08. The number of sulfonamides is 1. The van der Waals surface area contributed by atoms with E-state index in [-0.39, 0.29) is 10.5 Å². The summed E-state index contributed by atoms with van der Waals surface area (Å²) in [7, 11) is -4.03. The van der Waals surface area contributed by atoms with Gasteiger partial charge < -0.3 is 0 Å². The van der Waals surface area contributed by atoms with E-state index in [1.807, 2.05) is 0 Å². The van der Waals surface area contributed by atoms with E-state index in [1.165, 1.54) is 25.1 Å². The maximum absolute atomic E-state index is 12.6. The normalized spacial score (nSPS) is 12.6. The molecule has 0 saturated carbocycles. The van der Waals surface area contributed by atoms with Crippen molar-refractivity contribution in [2.24, 2.45) is 5.14 Å². The van der Waals surface area contributed by atoms with Crippen LogP contribution in [0, 0.1) is 0 Å². The van der Waals surface area contributed by atoms with Crippen molar-refractivity contribution < 1.29 is 18.0 Å². The Kier molecular flexibility index (Phi) is 4.54. The van der Waals surface area contributed by atoms with Crippen molar-refractivity contribution in [2.75, 3.05) is 0 Å². The predicted octanol–water partition coefficient (Wildman–Crippen LogP) is 1.89. The molecule has 0 saturated heterocycles. The van der Waals surface area contributed by atoms with Gasteiger partial charge in [-0.1, -0.05) is 48.5 Å². The van der Waals surface area contributed by atoms with Crippen LogP contribution in [-0.4, -0.2) is 20.0 Å². The topological polar surface area (TPSA) is 94.3 Å². The van der Waals surface area contributed by atoms with Crippen LogP contribution in [0.1, 0.15) is 28.8 Å². The largest absolute Gasteiger partial charge is 0.299 e. The number of hydrogen-bond acceptors (Lipinski definition) is 4. The van der Waals surface area contributed by atoms with E-state index in [9.17, 15) is 18.0 Å². The van der Waals surface area contributed by atoms with Crippen LogP contribution in [-0.2, 0) is 14.8 Å². The van der Waals surface area contributed by atoms with Gasteiger partial charge in [0, 0.05) is 5.56 Å². The molecular weight excluding hydrogens is 302 g/mol. The van der Waals surface area contributed by atoms with Crippen LogP contribution >= 0.6 is 0 Å². The molecule has 114 valence electrons. The number of Topliss-reactive ketones (excluding diaryl/α,β-unsaturated/α-hetero) is 2. The monoisotopic (exact) mass is 317 g/mol. The lowest BCUT2D eigenvalue weighted by Gasteiger charge is -2.16. The van der Waals surface area contributed by atoms with Crippen LogP contribution < -0.4 is 5.14 Å². The minimum Gasteiger partial charge on any atom is -0.299 e. The van der Waals surface area contributed by atoms with Gasteiger partial charge in [0.25, 0.3) is 0 Å². The Morgan fingerprint density at radius 2 is 1.50 bits per heavy atom. The lowest BCUT2D eigenvalue weighted by atomic mass is 9.88. The number of ketones is 2. The molecule has 0 aromatic heterocycles. The average molecular weight is 317 g/mol. The molecule has 0 aliphatic carbocycles. The van der Waals surface area contributed by atoms with Crippen LogP contribution in [0.4, 0.5) is 0 Å². The molecule has 2 N–H and O–H groups in total. The summed E-state index contributed by atoms with van der Waals surface area (Å²) in [4.78, 5) is 24.4. The van der Waals surface area contributed by atoms with Crippen molar-refractivity contribution in [2.45, 2.75) is 17.7 Å². The molecule has 0 radical (unpaired) electrons. The smallest absolute Gasteiger partial charge is 0.238 e. The van der Waals surface area contributed by atoms with Crippen molar-refractivity contribution in [1.82, 2.24) is 0 Å². The number of carbonyl (C=O) groups excluding carboxylic acids is 2. The number of nitrogens with two attached hydrogens (primary N) is 1. The highest BCUT2D eigenvalue weighted by Crippen LogP contribution is 2.27. The molecule has 22 heavy (non-hydrogen) atoms. The quantitative estimate of drug-likeness (QED) is 0.673. The fourth-order valence-electron chi connectivity index (χ4n) is 2.29. The molecule has 0 bridgehead atoms. The predicted molar refractivity (Wildman–Crippen MR) is 82.0 cm³/mol. The molecule has 6 heteroatoms. The second-order valence-electron chi connectivity index (χ2n) is 4.86. The number of benzene rings is 2. The van der Waals surface area contributed by atoms with Crippen molar-refractivity contribution in [3.8, 4) is 0 Å². The molecule has 2 rings (SSSR count). The summed E-state index contributed by atoms with van der Waals surface area (Å²) in [6.07, 6.45) is 0. The SMILES string of the molecule is CC(=O)C(C(=O)c1ccccc1)c1ccccc1S(N)(=O)=O. The Morgan fingerprint density at radius 1 is 0.955 bits per heavy atom. The third-order valence-corrected chi connectivity index (χ3v) is 4.25. The number of rotatable bonds is 5. The lowest BCUT2D eigenvalue weighted by Crippen LogP contribution is -2.24. The minimum atomic E-state index is -4.03. The Morgan fingerprint density at radius 3 is 2.05 bits per heavy atom.